The van der Waals surface area contributed by atoms with E-state index >= 15 is 0 Å². The predicted molar refractivity (Wildman–Crippen MR) is 84.4 cm³/mol. The van der Waals surface area contributed by atoms with Crippen LogP contribution in [0, 0.1) is 11.3 Å². The number of aliphatic carboxylic acids is 2. The molecule has 0 heterocycles. The Hall–Kier alpha value is -1.06. The molecule has 0 aromatic heterocycles. The first-order valence-corrected chi connectivity index (χ1v) is 8.41. The van der Waals surface area contributed by atoms with E-state index in [9.17, 15) is 19.8 Å². The van der Waals surface area contributed by atoms with Crippen molar-refractivity contribution in [2.45, 2.75) is 85.0 Å². The molecular weight excluding hydrogens is 268 g/mol. The van der Waals surface area contributed by atoms with E-state index in [1.807, 2.05) is 6.92 Å². The van der Waals surface area contributed by atoms with Gasteiger partial charge in [-0.1, -0.05) is 72.1 Å². The van der Waals surface area contributed by atoms with Crippen molar-refractivity contribution >= 4 is 11.9 Å². The van der Waals surface area contributed by atoms with Crippen LogP contribution in [0.4, 0.5) is 0 Å². The van der Waals surface area contributed by atoms with Crippen molar-refractivity contribution in [2.75, 3.05) is 0 Å². The number of carboxylic acids is 2. The van der Waals surface area contributed by atoms with Crippen LogP contribution in [0.3, 0.4) is 0 Å². The Morgan fingerprint density at radius 2 is 1.29 bits per heavy atom. The van der Waals surface area contributed by atoms with Gasteiger partial charge in [-0.25, -0.2) is 0 Å². The van der Waals surface area contributed by atoms with E-state index < -0.39 is 17.4 Å². The minimum Gasteiger partial charge on any atom is -0.480 e. The summed E-state index contributed by atoms with van der Waals surface area (Å²) >= 11 is 0. The van der Waals surface area contributed by atoms with Crippen LogP contribution in [0.15, 0.2) is 0 Å². The van der Waals surface area contributed by atoms with Crippen LogP contribution in [-0.2, 0) is 9.59 Å². The summed E-state index contributed by atoms with van der Waals surface area (Å²) < 4.78 is 0. The lowest BCUT2D eigenvalue weighted by Crippen LogP contribution is -2.41. The van der Waals surface area contributed by atoms with Gasteiger partial charge in [0.1, 0.15) is 0 Å². The number of hydrogen-bond donors (Lipinski definition) is 2. The molecule has 0 fully saturated rings. The normalized spacial score (nSPS) is 11.8. The van der Waals surface area contributed by atoms with Gasteiger partial charge < -0.3 is 10.2 Å². The molecule has 21 heavy (non-hydrogen) atoms. The Labute approximate surface area is 128 Å². The second kappa shape index (κ2) is 10.6. The Balaban J connectivity index is 5.07. The molecule has 0 aliphatic heterocycles. The van der Waals surface area contributed by atoms with Crippen molar-refractivity contribution in [1.29, 1.82) is 0 Å². The van der Waals surface area contributed by atoms with Gasteiger partial charge in [0.25, 0.3) is 0 Å². The largest absolute Gasteiger partial charge is 0.480 e. The van der Waals surface area contributed by atoms with Crippen LogP contribution in [0.25, 0.3) is 0 Å². The Morgan fingerprint density at radius 3 is 1.62 bits per heavy atom. The molecule has 0 bridgehead atoms. The van der Waals surface area contributed by atoms with Crippen molar-refractivity contribution in [3.8, 4) is 0 Å². The standard InChI is InChI=1S/C17H32O4/c1-4-7-10-14(11-8-5-2)13-17(15(18)19,16(20)21)12-9-6-3/h14H,4-13H2,1-3H3,(H,18,19)(H,20,21). The molecule has 0 aliphatic rings. The number of hydrogen-bond acceptors (Lipinski definition) is 2. The molecule has 4 nitrogen and oxygen atoms in total. The van der Waals surface area contributed by atoms with E-state index in [-0.39, 0.29) is 18.8 Å². The van der Waals surface area contributed by atoms with Crippen molar-refractivity contribution in [3.63, 3.8) is 0 Å². The highest BCUT2D eigenvalue weighted by molar-refractivity contribution is 5.98. The monoisotopic (exact) mass is 300 g/mol. The van der Waals surface area contributed by atoms with Gasteiger partial charge in [0.2, 0.25) is 0 Å². The molecule has 0 atom stereocenters. The van der Waals surface area contributed by atoms with E-state index in [0.717, 1.165) is 44.9 Å². The van der Waals surface area contributed by atoms with E-state index in [2.05, 4.69) is 13.8 Å². The molecule has 0 aliphatic carbocycles. The van der Waals surface area contributed by atoms with Crippen LogP contribution >= 0.6 is 0 Å². The van der Waals surface area contributed by atoms with E-state index in [4.69, 9.17) is 0 Å². The summed E-state index contributed by atoms with van der Waals surface area (Å²) in [7, 11) is 0. The second-order valence-electron chi connectivity index (χ2n) is 6.15. The summed E-state index contributed by atoms with van der Waals surface area (Å²) in [5.41, 5.74) is -1.60. The average molecular weight is 300 g/mol. The van der Waals surface area contributed by atoms with Crippen molar-refractivity contribution in [3.05, 3.63) is 0 Å². The Bertz CT molecular complexity index is 290. The molecule has 0 unspecified atom stereocenters. The van der Waals surface area contributed by atoms with E-state index in [1.165, 1.54) is 0 Å². The third-order valence-electron chi connectivity index (χ3n) is 4.34. The maximum atomic E-state index is 11.7. The zero-order chi connectivity index (χ0) is 16.3. The highest BCUT2D eigenvalue weighted by atomic mass is 16.4. The molecule has 124 valence electrons. The molecule has 0 saturated heterocycles. The third kappa shape index (κ3) is 6.49. The van der Waals surface area contributed by atoms with Crippen molar-refractivity contribution in [2.24, 2.45) is 11.3 Å². The van der Waals surface area contributed by atoms with Crippen LogP contribution in [-0.4, -0.2) is 22.2 Å². The fraction of sp³-hybridized carbons (Fsp3) is 0.882. The van der Waals surface area contributed by atoms with Gasteiger partial charge in [0.15, 0.2) is 5.41 Å². The second-order valence-corrected chi connectivity index (χ2v) is 6.15. The topological polar surface area (TPSA) is 74.6 Å². The van der Waals surface area contributed by atoms with E-state index in [1.54, 1.807) is 0 Å². The summed E-state index contributed by atoms with van der Waals surface area (Å²) in [6.07, 6.45) is 8.05. The van der Waals surface area contributed by atoms with Crippen LogP contribution in [0.5, 0.6) is 0 Å². The summed E-state index contributed by atoms with van der Waals surface area (Å²) in [5.74, 6) is -2.13. The number of unbranched alkanes of at least 4 members (excludes halogenated alkanes) is 3. The molecule has 0 saturated carbocycles. The number of carbonyl (C=O) groups is 2. The molecule has 4 heteroatoms. The van der Waals surface area contributed by atoms with Gasteiger partial charge in [0.05, 0.1) is 0 Å². The Kier molecular flexibility index (Phi) is 10.1. The van der Waals surface area contributed by atoms with E-state index in [0.29, 0.717) is 6.42 Å². The number of carboxylic acid groups (broad SMARTS) is 2. The predicted octanol–water partition coefficient (Wildman–Crippen LogP) is 4.72. The number of rotatable bonds is 13. The highest BCUT2D eigenvalue weighted by Gasteiger charge is 2.47. The SMILES string of the molecule is CCCCC(CCCC)CC(CCCC)(C(=O)O)C(=O)O. The quantitative estimate of drug-likeness (QED) is 0.483. The molecule has 0 aromatic rings. The van der Waals surface area contributed by atoms with Gasteiger partial charge in [-0.2, -0.15) is 0 Å². The lowest BCUT2D eigenvalue weighted by molar-refractivity contribution is -0.167. The molecular formula is C17H32O4. The van der Waals surface area contributed by atoms with Crippen LogP contribution in [0.2, 0.25) is 0 Å². The molecule has 0 rings (SSSR count). The average Bonchev–Trinajstić information content (AvgIpc) is 2.44. The highest BCUT2D eigenvalue weighted by Crippen LogP contribution is 2.37. The molecule has 0 aromatic carbocycles. The summed E-state index contributed by atoms with van der Waals surface area (Å²) in [5, 5.41) is 19.1. The first kappa shape index (κ1) is 19.9. The van der Waals surface area contributed by atoms with Crippen molar-refractivity contribution < 1.29 is 19.8 Å². The van der Waals surface area contributed by atoms with Crippen molar-refractivity contribution in [1.82, 2.24) is 0 Å². The molecule has 0 radical (unpaired) electrons. The minimum atomic E-state index is -1.60. The zero-order valence-electron chi connectivity index (χ0n) is 13.9. The van der Waals surface area contributed by atoms with Crippen LogP contribution < -0.4 is 0 Å². The van der Waals surface area contributed by atoms with Gasteiger partial charge in [-0.3, -0.25) is 9.59 Å². The summed E-state index contributed by atoms with van der Waals surface area (Å²) in [6.45, 7) is 6.17. The maximum absolute atomic E-state index is 11.7. The smallest absolute Gasteiger partial charge is 0.321 e. The van der Waals surface area contributed by atoms with Gasteiger partial charge in [-0.15, -0.1) is 0 Å². The lowest BCUT2D eigenvalue weighted by atomic mass is 9.73. The molecule has 0 spiro atoms. The minimum absolute atomic E-state index is 0.203. The lowest BCUT2D eigenvalue weighted by Gasteiger charge is -2.29. The van der Waals surface area contributed by atoms with Gasteiger partial charge >= 0.3 is 11.9 Å². The zero-order valence-corrected chi connectivity index (χ0v) is 13.9. The van der Waals surface area contributed by atoms with Gasteiger partial charge in [-0.05, 0) is 18.8 Å². The fourth-order valence-corrected chi connectivity index (χ4v) is 2.89. The van der Waals surface area contributed by atoms with Crippen LogP contribution in [0.1, 0.15) is 85.0 Å². The summed E-state index contributed by atoms with van der Waals surface area (Å²) in [6, 6.07) is 0. The molecule has 2 N–H and O–H groups in total. The van der Waals surface area contributed by atoms with Gasteiger partial charge in [0, 0.05) is 0 Å². The first-order valence-electron chi connectivity index (χ1n) is 8.41. The Morgan fingerprint density at radius 1 is 0.857 bits per heavy atom. The first-order chi connectivity index (χ1) is 9.94. The third-order valence-corrected chi connectivity index (χ3v) is 4.34. The fourth-order valence-electron chi connectivity index (χ4n) is 2.89. The maximum Gasteiger partial charge on any atom is 0.321 e. The summed E-state index contributed by atoms with van der Waals surface area (Å²) in [4.78, 5) is 23.3. The molecule has 0 amide bonds.